The summed E-state index contributed by atoms with van der Waals surface area (Å²) in [4.78, 5) is 30.2. The summed E-state index contributed by atoms with van der Waals surface area (Å²) in [5, 5.41) is 6.93. The first-order valence-corrected chi connectivity index (χ1v) is 9.82. The summed E-state index contributed by atoms with van der Waals surface area (Å²) >= 11 is 0. The molecule has 0 aliphatic carbocycles. The van der Waals surface area contributed by atoms with E-state index in [-0.39, 0.29) is 17.2 Å². The maximum Gasteiger partial charge on any atom is 0.227 e. The molecule has 2 aromatic rings. The molecule has 1 aliphatic heterocycles. The molecule has 1 saturated heterocycles. The third-order valence-corrected chi connectivity index (χ3v) is 4.72. The van der Waals surface area contributed by atoms with Crippen molar-refractivity contribution in [1.82, 2.24) is 15.5 Å². The molecular formula is C21H28N4O3. The maximum absolute atomic E-state index is 12.1. The third kappa shape index (κ3) is 5.18. The van der Waals surface area contributed by atoms with Gasteiger partial charge in [0.2, 0.25) is 17.7 Å². The van der Waals surface area contributed by atoms with Crippen molar-refractivity contribution in [1.29, 1.82) is 0 Å². The molecule has 1 aromatic heterocycles. The highest BCUT2D eigenvalue weighted by Crippen LogP contribution is 2.22. The van der Waals surface area contributed by atoms with Crippen molar-refractivity contribution in [3.8, 4) is 0 Å². The molecular weight excluding hydrogens is 356 g/mol. The predicted molar refractivity (Wildman–Crippen MR) is 106 cm³/mol. The van der Waals surface area contributed by atoms with Crippen LogP contribution in [0.1, 0.15) is 63.7 Å². The van der Waals surface area contributed by atoms with Crippen molar-refractivity contribution >= 4 is 17.5 Å². The van der Waals surface area contributed by atoms with Gasteiger partial charge in [-0.1, -0.05) is 38.1 Å². The smallest absolute Gasteiger partial charge is 0.227 e. The average molecular weight is 384 g/mol. The SMILES string of the molecule is CC(C)(C)c1noc(CCCC(=O)NCc2cccc(N3CCCC3=O)c2)n1. The number of carbonyl (C=O) groups is 2. The average Bonchev–Trinajstić information content (AvgIpc) is 3.29. The van der Waals surface area contributed by atoms with Crippen LogP contribution in [0.5, 0.6) is 0 Å². The van der Waals surface area contributed by atoms with Crippen LogP contribution in [-0.4, -0.2) is 28.5 Å². The Morgan fingerprint density at radius 2 is 2.14 bits per heavy atom. The summed E-state index contributed by atoms with van der Waals surface area (Å²) < 4.78 is 5.25. The summed E-state index contributed by atoms with van der Waals surface area (Å²) in [5.41, 5.74) is 1.74. The Balaban J connectivity index is 1.43. The van der Waals surface area contributed by atoms with Crippen molar-refractivity contribution in [3.05, 3.63) is 41.5 Å². The van der Waals surface area contributed by atoms with Crippen LogP contribution in [0.25, 0.3) is 0 Å². The lowest BCUT2D eigenvalue weighted by atomic mass is 9.96. The van der Waals surface area contributed by atoms with Gasteiger partial charge in [-0.3, -0.25) is 9.59 Å². The Labute approximate surface area is 165 Å². The van der Waals surface area contributed by atoms with Gasteiger partial charge in [0, 0.05) is 43.5 Å². The number of hydrogen-bond acceptors (Lipinski definition) is 5. The highest BCUT2D eigenvalue weighted by atomic mass is 16.5. The number of amides is 2. The summed E-state index contributed by atoms with van der Waals surface area (Å²) in [7, 11) is 0. The lowest BCUT2D eigenvalue weighted by molar-refractivity contribution is -0.121. The van der Waals surface area contributed by atoms with Crippen LogP contribution in [0.3, 0.4) is 0 Å². The van der Waals surface area contributed by atoms with Crippen molar-refractivity contribution in [2.45, 2.75) is 64.8 Å². The number of rotatable bonds is 7. The van der Waals surface area contributed by atoms with Gasteiger partial charge in [-0.25, -0.2) is 0 Å². The van der Waals surface area contributed by atoms with Crippen molar-refractivity contribution in [3.63, 3.8) is 0 Å². The van der Waals surface area contributed by atoms with Crippen molar-refractivity contribution in [2.24, 2.45) is 0 Å². The first-order chi connectivity index (χ1) is 13.3. The minimum Gasteiger partial charge on any atom is -0.352 e. The molecule has 1 aromatic carbocycles. The second-order valence-corrected chi connectivity index (χ2v) is 8.21. The van der Waals surface area contributed by atoms with Gasteiger partial charge in [0.1, 0.15) is 0 Å². The zero-order valence-electron chi connectivity index (χ0n) is 16.8. The van der Waals surface area contributed by atoms with E-state index in [0.29, 0.717) is 43.9 Å². The Morgan fingerprint density at radius 1 is 1.32 bits per heavy atom. The maximum atomic E-state index is 12.1. The highest BCUT2D eigenvalue weighted by molar-refractivity contribution is 5.95. The molecule has 0 radical (unpaired) electrons. The van der Waals surface area contributed by atoms with E-state index in [1.807, 2.05) is 49.9 Å². The van der Waals surface area contributed by atoms with Gasteiger partial charge in [-0.15, -0.1) is 0 Å². The molecule has 7 heteroatoms. The molecule has 0 unspecified atom stereocenters. The summed E-state index contributed by atoms with van der Waals surface area (Å²) in [5.74, 6) is 1.40. The molecule has 1 fully saturated rings. The number of aromatic nitrogens is 2. The van der Waals surface area contributed by atoms with Crippen LogP contribution in [-0.2, 0) is 28.0 Å². The van der Waals surface area contributed by atoms with E-state index in [1.165, 1.54) is 0 Å². The quantitative estimate of drug-likeness (QED) is 0.792. The van der Waals surface area contributed by atoms with Crippen LogP contribution < -0.4 is 10.2 Å². The van der Waals surface area contributed by atoms with E-state index in [9.17, 15) is 9.59 Å². The normalized spacial score (nSPS) is 14.5. The zero-order valence-corrected chi connectivity index (χ0v) is 16.8. The Hall–Kier alpha value is -2.70. The van der Waals surface area contributed by atoms with Crippen LogP contribution in [0.15, 0.2) is 28.8 Å². The molecule has 1 aliphatic rings. The first-order valence-electron chi connectivity index (χ1n) is 9.82. The van der Waals surface area contributed by atoms with Crippen molar-refractivity contribution < 1.29 is 14.1 Å². The lowest BCUT2D eigenvalue weighted by Crippen LogP contribution is -2.25. The van der Waals surface area contributed by atoms with Crippen LogP contribution in [0, 0.1) is 0 Å². The first kappa shape index (κ1) is 20.0. The van der Waals surface area contributed by atoms with Gasteiger partial charge in [0.05, 0.1) is 0 Å². The molecule has 0 spiro atoms. The molecule has 2 amide bonds. The second kappa shape index (κ2) is 8.54. The molecule has 0 atom stereocenters. The minimum atomic E-state index is -0.145. The second-order valence-electron chi connectivity index (χ2n) is 8.21. The Kier molecular flexibility index (Phi) is 6.11. The minimum absolute atomic E-state index is 0.0155. The van der Waals surface area contributed by atoms with Crippen LogP contribution >= 0.6 is 0 Å². The van der Waals surface area contributed by atoms with Gasteiger partial charge in [0.25, 0.3) is 0 Å². The molecule has 0 bridgehead atoms. The molecule has 2 heterocycles. The molecule has 0 saturated carbocycles. The van der Waals surface area contributed by atoms with E-state index in [1.54, 1.807) is 0 Å². The Bertz CT molecular complexity index is 838. The standard InChI is InChI=1S/C21H28N4O3/c1-21(2,3)20-23-18(28-24-20)10-5-9-17(26)22-14-15-7-4-8-16(13-15)25-12-6-11-19(25)27/h4,7-8,13H,5-6,9-12,14H2,1-3H3,(H,22,26). The number of carbonyl (C=O) groups excluding carboxylic acids is 2. The fraction of sp³-hybridized carbons (Fsp3) is 0.524. The zero-order chi connectivity index (χ0) is 20.1. The summed E-state index contributed by atoms with van der Waals surface area (Å²) in [6.45, 7) is 7.31. The van der Waals surface area contributed by atoms with E-state index >= 15 is 0 Å². The van der Waals surface area contributed by atoms with E-state index < -0.39 is 0 Å². The topological polar surface area (TPSA) is 88.3 Å². The number of hydrogen-bond donors (Lipinski definition) is 1. The highest BCUT2D eigenvalue weighted by Gasteiger charge is 2.22. The lowest BCUT2D eigenvalue weighted by Gasteiger charge is -2.16. The fourth-order valence-electron chi connectivity index (χ4n) is 3.11. The van der Waals surface area contributed by atoms with Gasteiger partial charge in [-0.2, -0.15) is 4.98 Å². The molecule has 150 valence electrons. The number of anilines is 1. The van der Waals surface area contributed by atoms with Gasteiger partial charge >= 0.3 is 0 Å². The molecule has 7 nitrogen and oxygen atoms in total. The summed E-state index contributed by atoms with van der Waals surface area (Å²) in [6, 6.07) is 7.78. The number of nitrogens with zero attached hydrogens (tertiary/aromatic N) is 3. The molecule has 28 heavy (non-hydrogen) atoms. The third-order valence-electron chi connectivity index (χ3n) is 4.72. The largest absolute Gasteiger partial charge is 0.352 e. The van der Waals surface area contributed by atoms with Gasteiger partial charge in [-0.05, 0) is 30.5 Å². The van der Waals surface area contributed by atoms with Gasteiger partial charge < -0.3 is 14.7 Å². The predicted octanol–water partition coefficient (Wildman–Crippen LogP) is 3.13. The molecule has 1 N–H and O–H groups in total. The van der Waals surface area contributed by atoms with Crippen LogP contribution in [0.2, 0.25) is 0 Å². The fourth-order valence-corrected chi connectivity index (χ4v) is 3.11. The van der Waals surface area contributed by atoms with E-state index in [4.69, 9.17) is 4.52 Å². The van der Waals surface area contributed by atoms with Gasteiger partial charge in [0.15, 0.2) is 5.82 Å². The van der Waals surface area contributed by atoms with E-state index in [2.05, 4.69) is 15.5 Å². The number of aryl methyl sites for hydroxylation is 1. The summed E-state index contributed by atoms with van der Waals surface area (Å²) in [6.07, 6.45) is 3.15. The monoisotopic (exact) mass is 384 g/mol. The number of benzene rings is 1. The van der Waals surface area contributed by atoms with Crippen LogP contribution in [0.4, 0.5) is 5.69 Å². The van der Waals surface area contributed by atoms with E-state index in [0.717, 1.165) is 24.2 Å². The Morgan fingerprint density at radius 3 is 2.82 bits per heavy atom. The van der Waals surface area contributed by atoms with Crippen molar-refractivity contribution in [2.75, 3.05) is 11.4 Å². The number of nitrogens with one attached hydrogen (secondary N) is 1. The molecule has 3 rings (SSSR count).